The maximum Gasteiger partial charge on any atom is 0.273 e. The fourth-order valence-electron chi connectivity index (χ4n) is 2.03. The van der Waals surface area contributed by atoms with Crippen molar-refractivity contribution in [1.29, 1.82) is 0 Å². The molecule has 10 nitrogen and oxygen atoms in total. The molecule has 26 heavy (non-hydrogen) atoms. The van der Waals surface area contributed by atoms with Crippen molar-refractivity contribution in [3.05, 3.63) is 72.2 Å². The van der Waals surface area contributed by atoms with Crippen molar-refractivity contribution < 1.29 is 19.7 Å². The summed E-state index contributed by atoms with van der Waals surface area (Å²) in [5.41, 5.74) is 1.91. The Kier molecular flexibility index (Phi) is 5.96. The number of nitro groups is 2. The molecule has 0 aromatic heterocycles. The summed E-state index contributed by atoms with van der Waals surface area (Å²) in [6.45, 7) is 0. The highest BCUT2D eigenvalue weighted by molar-refractivity contribution is 9.10. The van der Waals surface area contributed by atoms with Gasteiger partial charge in [-0.15, -0.1) is 0 Å². The third-order valence-corrected chi connectivity index (χ3v) is 3.83. The van der Waals surface area contributed by atoms with E-state index >= 15 is 0 Å². The van der Waals surface area contributed by atoms with Crippen LogP contribution in [0.2, 0.25) is 0 Å². The largest absolute Gasteiger partial charge is 0.506 e. The zero-order valence-corrected chi connectivity index (χ0v) is 14.5. The van der Waals surface area contributed by atoms with Gasteiger partial charge in [0, 0.05) is 29.3 Å². The standard InChI is InChI=1S/C15H11BrN4O6/c16-12-7-11(19(23)24)5-10(15(12)22)8-17-18-14(21)6-9-3-1-2-4-13(9)20(25)26/h1-5,7-8,22H,6H2,(H,18,21). The van der Waals surface area contributed by atoms with E-state index in [1.807, 2.05) is 0 Å². The summed E-state index contributed by atoms with van der Waals surface area (Å²) >= 11 is 2.98. The van der Waals surface area contributed by atoms with E-state index in [0.717, 1.165) is 18.3 Å². The van der Waals surface area contributed by atoms with E-state index in [1.165, 1.54) is 18.2 Å². The molecular formula is C15H11BrN4O6. The predicted molar refractivity (Wildman–Crippen MR) is 95.0 cm³/mol. The summed E-state index contributed by atoms with van der Waals surface area (Å²) < 4.78 is 0.0967. The summed E-state index contributed by atoms with van der Waals surface area (Å²) in [5, 5.41) is 35.2. The van der Waals surface area contributed by atoms with Gasteiger partial charge in [0.2, 0.25) is 5.91 Å². The first-order chi connectivity index (χ1) is 12.3. The molecule has 0 aliphatic rings. The van der Waals surface area contributed by atoms with Gasteiger partial charge in [0.15, 0.2) is 0 Å². The number of nitrogens with zero attached hydrogens (tertiary/aromatic N) is 3. The number of amides is 1. The normalized spacial score (nSPS) is 10.7. The van der Waals surface area contributed by atoms with Crippen LogP contribution in [0.3, 0.4) is 0 Å². The number of halogens is 1. The molecule has 0 aliphatic carbocycles. The molecule has 11 heteroatoms. The number of carbonyl (C=O) groups excluding carboxylic acids is 1. The van der Waals surface area contributed by atoms with Crippen molar-refractivity contribution >= 4 is 39.4 Å². The van der Waals surface area contributed by atoms with Crippen LogP contribution in [0.15, 0.2) is 46.0 Å². The van der Waals surface area contributed by atoms with Gasteiger partial charge in [0.1, 0.15) is 5.75 Å². The molecule has 0 radical (unpaired) electrons. The van der Waals surface area contributed by atoms with E-state index in [-0.39, 0.29) is 39.1 Å². The number of nitrogens with one attached hydrogen (secondary N) is 1. The number of rotatable bonds is 6. The topological polar surface area (TPSA) is 148 Å². The quantitative estimate of drug-likeness (QED) is 0.415. The Morgan fingerprint density at radius 1 is 1.23 bits per heavy atom. The second-order valence-electron chi connectivity index (χ2n) is 4.98. The Morgan fingerprint density at radius 2 is 1.92 bits per heavy atom. The van der Waals surface area contributed by atoms with Crippen LogP contribution in [0.5, 0.6) is 5.75 Å². The molecular weight excluding hydrogens is 412 g/mol. The van der Waals surface area contributed by atoms with Crippen molar-refractivity contribution in [2.45, 2.75) is 6.42 Å². The van der Waals surface area contributed by atoms with E-state index in [4.69, 9.17) is 0 Å². The number of phenolic OH excluding ortho intramolecular Hbond substituents is 1. The van der Waals surface area contributed by atoms with Crippen LogP contribution in [0.25, 0.3) is 0 Å². The monoisotopic (exact) mass is 422 g/mol. The molecule has 0 saturated heterocycles. The van der Waals surface area contributed by atoms with Crippen LogP contribution >= 0.6 is 15.9 Å². The van der Waals surface area contributed by atoms with Gasteiger partial charge >= 0.3 is 0 Å². The van der Waals surface area contributed by atoms with E-state index in [2.05, 4.69) is 26.5 Å². The number of hydrogen-bond acceptors (Lipinski definition) is 7. The molecule has 134 valence electrons. The number of nitro benzene ring substituents is 2. The molecule has 0 atom stereocenters. The van der Waals surface area contributed by atoms with Crippen molar-refractivity contribution in [3.8, 4) is 5.75 Å². The molecule has 0 bridgehead atoms. The van der Waals surface area contributed by atoms with Crippen LogP contribution in [-0.4, -0.2) is 27.1 Å². The van der Waals surface area contributed by atoms with Crippen LogP contribution in [0, 0.1) is 20.2 Å². The maximum atomic E-state index is 11.9. The number of carbonyl (C=O) groups is 1. The molecule has 2 N–H and O–H groups in total. The van der Waals surface area contributed by atoms with Crippen LogP contribution in [-0.2, 0) is 11.2 Å². The third kappa shape index (κ3) is 4.60. The number of phenols is 1. The minimum Gasteiger partial charge on any atom is -0.506 e. The molecule has 0 heterocycles. The van der Waals surface area contributed by atoms with Gasteiger partial charge < -0.3 is 5.11 Å². The van der Waals surface area contributed by atoms with Crippen molar-refractivity contribution in [3.63, 3.8) is 0 Å². The Hall–Kier alpha value is -3.34. The Morgan fingerprint density at radius 3 is 2.58 bits per heavy atom. The second-order valence-corrected chi connectivity index (χ2v) is 5.83. The number of hydrogen-bond donors (Lipinski definition) is 2. The van der Waals surface area contributed by atoms with E-state index in [0.29, 0.717) is 0 Å². The van der Waals surface area contributed by atoms with Gasteiger partial charge in [-0.05, 0) is 15.9 Å². The Labute approximate surface area is 154 Å². The highest BCUT2D eigenvalue weighted by Crippen LogP contribution is 2.31. The van der Waals surface area contributed by atoms with Gasteiger partial charge in [0.05, 0.1) is 27.0 Å². The summed E-state index contributed by atoms with van der Waals surface area (Å²) in [6.07, 6.45) is 0.753. The van der Waals surface area contributed by atoms with Crippen molar-refractivity contribution in [2.24, 2.45) is 5.10 Å². The predicted octanol–water partition coefficient (Wildman–Crippen LogP) is 2.66. The lowest BCUT2D eigenvalue weighted by atomic mass is 10.1. The van der Waals surface area contributed by atoms with E-state index in [9.17, 15) is 30.1 Å². The Balaban J connectivity index is 2.11. The minimum absolute atomic E-state index is 0.0112. The number of hydrazone groups is 1. The summed E-state index contributed by atoms with van der Waals surface area (Å²) in [6, 6.07) is 7.99. The average molecular weight is 423 g/mol. The molecule has 0 fully saturated rings. The molecule has 2 aromatic carbocycles. The lowest BCUT2D eigenvalue weighted by Gasteiger charge is -2.03. The highest BCUT2D eigenvalue weighted by Gasteiger charge is 2.16. The van der Waals surface area contributed by atoms with E-state index in [1.54, 1.807) is 6.07 Å². The van der Waals surface area contributed by atoms with E-state index < -0.39 is 15.8 Å². The lowest BCUT2D eigenvalue weighted by molar-refractivity contribution is -0.385. The first-order valence-corrected chi connectivity index (χ1v) is 7.80. The smallest absolute Gasteiger partial charge is 0.273 e. The summed E-state index contributed by atoms with van der Waals surface area (Å²) in [5.74, 6) is -0.910. The summed E-state index contributed by atoms with van der Waals surface area (Å²) in [7, 11) is 0. The van der Waals surface area contributed by atoms with Crippen LogP contribution in [0.4, 0.5) is 11.4 Å². The Bertz CT molecular complexity index is 915. The molecule has 2 aromatic rings. The van der Waals surface area contributed by atoms with Crippen molar-refractivity contribution in [2.75, 3.05) is 0 Å². The molecule has 0 spiro atoms. The minimum atomic E-state index is -0.644. The summed E-state index contributed by atoms with van der Waals surface area (Å²) in [4.78, 5) is 32.4. The molecule has 0 saturated carbocycles. The zero-order valence-electron chi connectivity index (χ0n) is 13.0. The fraction of sp³-hybridized carbons (Fsp3) is 0.0667. The maximum absolute atomic E-state index is 11.9. The number of non-ortho nitro benzene ring substituents is 1. The highest BCUT2D eigenvalue weighted by atomic mass is 79.9. The lowest BCUT2D eigenvalue weighted by Crippen LogP contribution is -2.20. The van der Waals surface area contributed by atoms with Gasteiger partial charge in [0.25, 0.3) is 11.4 Å². The third-order valence-electron chi connectivity index (χ3n) is 3.22. The number of para-hydroxylation sites is 1. The van der Waals surface area contributed by atoms with Gasteiger partial charge in [-0.25, -0.2) is 5.43 Å². The van der Waals surface area contributed by atoms with Gasteiger partial charge in [-0.3, -0.25) is 25.0 Å². The molecule has 0 aliphatic heterocycles. The number of benzene rings is 2. The second kappa shape index (κ2) is 8.16. The average Bonchev–Trinajstić information content (AvgIpc) is 2.58. The SMILES string of the molecule is O=C(Cc1ccccc1[N+](=O)[O-])NN=Cc1cc([N+](=O)[O-])cc(Br)c1O. The molecule has 2 rings (SSSR count). The van der Waals surface area contributed by atoms with Crippen LogP contribution < -0.4 is 5.43 Å². The van der Waals surface area contributed by atoms with Gasteiger partial charge in [-0.1, -0.05) is 18.2 Å². The fourth-order valence-corrected chi connectivity index (χ4v) is 2.50. The van der Waals surface area contributed by atoms with Gasteiger partial charge in [-0.2, -0.15) is 5.10 Å². The zero-order chi connectivity index (χ0) is 19.3. The first kappa shape index (κ1) is 19.0. The molecule has 1 amide bonds. The van der Waals surface area contributed by atoms with Crippen LogP contribution in [0.1, 0.15) is 11.1 Å². The molecule has 0 unspecified atom stereocenters. The van der Waals surface area contributed by atoms with Crippen molar-refractivity contribution in [1.82, 2.24) is 5.43 Å². The number of aromatic hydroxyl groups is 1. The first-order valence-electron chi connectivity index (χ1n) is 7.00.